The Morgan fingerprint density at radius 1 is 1.05 bits per heavy atom. The van der Waals surface area contributed by atoms with Gasteiger partial charge in [0.1, 0.15) is 5.92 Å². The van der Waals surface area contributed by atoms with Crippen LogP contribution in [0.25, 0.3) is 0 Å². The molecule has 1 atom stereocenters. The molecule has 0 saturated carbocycles. The minimum Gasteiger partial charge on any atom is -0.481 e. The van der Waals surface area contributed by atoms with E-state index in [-0.39, 0.29) is 6.03 Å². The Hall–Kier alpha value is -2.57. The van der Waals surface area contributed by atoms with Crippen LogP contribution >= 0.6 is 0 Å². The van der Waals surface area contributed by atoms with Crippen LogP contribution in [-0.4, -0.2) is 30.1 Å². The molecule has 102 valence electrons. The molecular weight excluding hydrogens is 250 g/mol. The highest BCUT2D eigenvalue weighted by Gasteiger charge is 2.20. The third kappa shape index (κ3) is 4.30. The van der Waals surface area contributed by atoms with Gasteiger partial charge in [0, 0.05) is 18.4 Å². The molecular formula is C12H15N3O4. The maximum Gasteiger partial charge on any atom is 0.318 e. The van der Waals surface area contributed by atoms with Gasteiger partial charge < -0.3 is 21.1 Å². The summed E-state index contributed by atoms with van der Waals surface area (Å²) in [5, 5.41) is 16.1. The van der Waals surface area contributed by atoms with Crippen molar-refractivity contribution in [2.75, 3.05) is 17.7 Å². The van der Waals surface area contributed by atoms with Crippen molar-refractivity contribution >= 4 is 29.3 Å². The molecule has 0 bridgehead atoms. The van der Waals surface area contributed by atoms with E-state index in [1.54, 1.807) is 24.3 Å². The number of benzene rings is 1. The van der Waals surface area contributed by atoms with Crippen LogP contribution in [0.2, 0.25) is 0 Å². The Morgan fingerprint density at radius 3 is 1.95 bits per heavy atom. The van der Waals surface area contributed by atoms with Crippen molar-refractivity contribution < 1.29 is 19.5 Å². The van der Waals surface area contributed by atoms with Crippen LogP contribution in [-0.2, 0) is 9.59 Å². The van der Waals surface area contributed by atoms with Gasteiger partial charge in [-0.25, -0.2) is 4.79 Å². The molecule has 0 heterocycles. The zero-order valence-electron chi connectivity index (χ0n) is 10.6. The van der Waals surface area contributed by atoms with Crippen molar-refractivity contribution in [1.82, 2.24) is 5.32 Å². The number of anilines is 2. The zero-order valence-corrected chi connectivity index (χ0v) is 10.6. The lowest BCUT2D eigenvalue weighted by atomic mass is 10.1. The van der Waals surface area contributed by atoms with E-state index in [2.05, 4.69) is 16.0 Å². The fourth-order valence-electron chi connectivity index (χ4n) is 1.19. The monoisotopic (exact) mass is 265 g/mol. The van der Waals surface area contributed by atoms with Gasteiger partial charge in [0.05, 0.1) is 0 Å². The van der Waals surface area contributed by atoms with Crippen LogP contribution in [0.5, 0.6) is 0 Å². The summed E-state index contributed by atoms with van der Waals surface area (Å²) in [5.41, 5.74) is 1.02. The standard InChI is InChI=1S/C12H15N3O4/c1-7(11(17)18)10(16)14-8-3-5-9(6-4-8)15-12(19)13-2/h3-7H,1-2H3,(H,14,16)(H,17,18)(H2,13,15,19). The molecule has 7 nitrogen and oxygen atoms in total. The van der Waals surface area contributed by atoms with E-state index in [4.69, 9.17) is 5.11 Å². The zero-order chi connectivity index (χ0) is 14.4. The quantitative estimate of drug-likeness (QED) is 0.611. The van der Waals surface area contributed by atoms with Crippen LogP contribution in [0.15, 0.2) is 24.3 Å². The summed E-state index contributed by atoms with van der Waals surface area (Å²) >= 11 is 0. The number of carbonyl (C=O) groups excluding carboxylic acids is 2. The highest BCUT2D eigenvalue weighted by Crippen LogP contribution is 2.14. The summed E-state index contributed by atoms with van der Waals surface area (Å²) in [4.78, 5) is 33.2. The van der Waals surface area contributed by atoms with Crippen LogP contribution < -0.4 is 16.0 Å². The minimum atomic E-state index is -1.18. The molecule has 0 aliphatic carbocycles. The van der Waals surface area contributed by atoms with E-state index in [9.17, 15) is 14.4 Å². The van der Waals surface area contributed by atoms with E-state index >= 15 is 0 Å². The van der Waals surface area contributed by atoms with Crippen LogP contribution in [0.3, 0.4) is 0 Å². The average molecular weight is 265 g/mol. The minimum absolute atomic E-state index is 0.351. The first-order chi connectivity index (χ1) is 8.93. The first kappa shape index (κ1) is 14.5. The van der Waals surface area contributed by atoms with E-state index < -0.39 is 17.8 Å². The summed E-state index contributed by atoms with van der Waals surface area (Å²) in [7, 11) is 1.50. The van der Waals surface area contributed by atoms with Gasteiger partial charge in [-0.05, 0) is 31.2 Å². The number of carboxylic acids is 1. The van der Waals surface area contributed by atoms with Gasteiger partial charge in [-0.1, -0.05) is 0 Å². The molecule has 0 saturated heterocycles. The predicted molar refractivity (Wildman–Crippen MR) is 69.9 cm³/mol. The summed E-state index contributed by atoms with van der Waals surface area (Å²) in [6, 6.07) is 5.97. The Kier molecular flexibility index (Phi) is 4.87. The summed E-state index contributed by atoms with van der Waals surface area (Å²) in [5.74, 6) is -2.90. The number of nitrogens with one attached hydrogen (secondary N) is 3. The van der Waals surface area contributed by atoms with Crippen molar-refractivity contribution in [3.63, 3.8) is 0 Å². The largest absolute Gasteiger partial charge is 0.481 e. The first-order valence-electron chi connectivity index (χ1n) is 5.56. The molecule has 1 unspecified atom stereocenters. The number of urea groups is 1. The van der Waals surface area contributed by atoms with Gasteiger partial charge >= 0.3 is 12.0 Å². The second-order valence-corrected chi connectivity index (χ2v) is 3.83. The number of carbonyl (C=O) groups is 3. The van der Waals surface area contributed by atoms with Gasteiger partial charge in [-0.2, -0.15) is 0 Å². The van der Waals surface area contributed by atoms with Crippen LogP contribution in [0.4, 0.5) is 16.2 Å². The van der Waals surface area contributed by atoms with Crippen molar-refractivity contribution in [2.24, 2.45) is 5.92 Å². The second-order valence-electron chi connectivity index (χ2n) is 3.83. The Labute approximate surface area is 110 Å². The van der Waals surface area contributed by atoms with Gasteiger partial charge in [-0.15, -0.1) is 0 Å². The third-order valence-corrected chi connectivity index (χ3v) is 2.40. The third-order valence-electron chi connectivity index (χ3n) is 2.40. The lowest BCUT2D eigenvalue weighted by Crippen LogP contribution is -2.27. The fourth-order valence-corrected chi connectivity index (χ4v) is 1.19. The van der Waals surface area contributed by atoms with E-state index in [0.717, 1.165) is 0 Å². The molecule has 19 heavy (non-hydrogen) atoms. The summed E-state index contributed by atoms with van der Waals surface area (Å²) < 4.78 is 0. The highest BCUT2D eigenvalue weighted by molar-refractivity contribution is 6.03. The van der Waals surface area contributed by atoms with Crippen molar-refractivity contribution in [2.45, 2.75) is 6.92 Å². The molecule has 7 heteroatoms. The maximum atomic E-state index is 11.5. The van der Waals surface area contributed by atoms with Gasteiger partial charge in [0.15, 0.2) is 0 Å². The number of hydrogen-bond donors (Lipinski definition) is 4. The molecule has 0 aromatic heterocycles. The molecule has 0 radical (unpaired) electrons. The van der Waals surface area contributed by atoms with E-state index in [1.807, 2.05) is 0 Å². The summed E-state index contributed by atoms with van der Waals surface area (Å²) in [6.07, 6.45) is 0. The molecule has 0 fully saturated rings. The number of aliphatic carboxylic acids is 1. The molecule has 1 aromatic carbocycles. The van der Waals surface area contributed by atoms with Crippen LogP contribution in [0.1, 0.15) is 6.92 Å². The Balaban J connectivity index is 2.64. The van der Waals surface area contributed by atoms with Gasteiger partial charge in [0.2, 0.25) is 5.91 Å². The summed E-state index contributed by atoms with van der Waals surface area (Å²) in [6.45, 7) is 1.30. The molecule has 3 amide bonds. The smallest absolute Gasteiger partial charge is 0.318 e. The normalized spacial score (nSPS) is 11.3. The fraction of sp³-hybridized carbons (Fsp3) is 0.250. The molecule has 1 rings (SSSR count). The number of hydrogen-bond acceptors (Lipinski definition) is 3. The lowest BCUT2D eigenvalue weighted by Gasteiger charge is -2.09. The van der Waals surface area contributed by atoms with Crippen molar-refractivity contribution in [3.8, 4) is 0 Å². The molecule has 0 aliphatic rings. The number of amides is 3. The van der Waals surface area contributed by atoms with Crippen molar-refractivity contribution in [1.29, 1.82) is 0 Å². The van der Waals surface area contributed by atoms with E-state index in [0.29, 0.717) is 11.4 Å². The van der Waals surface area contributed by atoms with Gasteiger partial charge in [0.25, 0.3) is 0 Å². The highest BCUT2D eigenvalue weighted by atomic mass is 16.4. The number of carboxylic acid groups (broad SMARTS) is 1. The lowest BCUT2D eigenvalue weighted by molar-refractivity contribution is -0.144. The molecule has 4 N–H and O–H groups in total. The SMILES string of the molecule is CNC(=O)Nc1ccc(NC(=O)C(C)C(=O)O)cc1. The van der Waals surface area contributed by atoms with E-state index in [1.165, 1.54) is 14.0 Å². The first-order valence-corrected chi connectivity index (χ1v) is 5.56. The average Bonchev–Trinajstić information content (AvgIpc) is 2.39. The maximum absolute atomic E-state index is 11.5. The molecule has 1 aromatic rings. The predicted octanol–water partition coefficient (Wildman–Crippen LogP) is 1.10. The molecule has 0 spiro atoms. The topological polar surface area (TPSA) is 108 Å². The molecule has 0 aliphatic heterocycles. The Bertz CT molecular complexity index is 484. The van der Waals surface area contributed by atoms with Crippen molar-refractivity contribution in [3.05, 3.63) is 24.3 Å². The Morgan fingerprint density at radius 2 is 1.53 bits per heavy atom. The van der Waals surface area contributed by atoms with Gasteiger partial charge in [-0.3, -0.25) is 9.59 Å². The number of rotatable bonds is 4. The second kappa shape index (κ2) is 6.39. The van der Waals surface area contributed by atoms with Crippen LogP contribution in [0, 0.1) is 5.92 Å².